The first-order valence-electron chi connectivity index (χ1n) is 6.24. The summed E-state index contributed by atoms with van der Waals surface area (Å²) in [6.45, 7) is 4.42. The van der Waals surface area contributed by atoms with Crippen LogP contribution in [-0.2, 0) is 9.53 Å². The molecule has 0 saturated carbocycles. The van der Waals surface area contributed by atoms with Crippen molar-refractivity contribution in [2.75, 3.05) is 19.4 Å². The molecule has 0 aliphatic heterocycles. The number of likely N-dealkylation sites (N-methyl/N-ethyl adjacent to an activating group) is 1. The summed E-state index contributed by atoms with van der Waals surface area (Å²) in [5.74, 6) is 0.124. The molecule has 1 unspecified atom stereocenters. The van der Waals surface area contributed by atoms with Crippen molar-refractivity contribution in [3.8, 4) is 0 Å². The first kappa shape index (κ1) is 16.0. The number of carbonyl (C=O) groups is 1. The lowest BCUT2D eigenvalue weighted by atomic mass is 9.99. The van der Waals surface area contributed by atoms with Gasteiger partial charge in [0.2, 0.25) is 0 Å². The third kappa shape index (κ3) is 4.51. The molecule has 5 heteroatoms. The Morgan fingerprint density at radius 3 is 2.74 bits per heavy atom. The van der Waals surface area contributed by atoms with Gasteiger partial charge in [0, 0.05) is 10.6 Å². The van der Waals surface area contributed by atoms with Crippen LogP contribution in [-0.4, -0.2) is 30.9 Å². The molecule has 1 aromatic rings. The second-order valence-corrected chi connectivity index (χ2v) is 5.52. The molecular weight excluding hydrogens is 265 g/mol. The van der Waals surface area contributed by atoms with Crippen molar-refractivity contribution < 1.29 is 13.9 Å². The monoisotopic (exact) mass is 285 g/mol. The minimum Gasteiger partial charge on any atom is -0.468 e. The summed E-state index contributed by atoms with van der Waals surface area (Å²) in [4.78, 5) is 12.4. The van der Waals surface area contributed by atoms with E-state index in [2.05, 4.69) is 5.32 Å². The van der Waals surface area contributed by atoms with E-state index in [1.165, 1.54) is 24.9 Å². The Labute approximate surface area is 117 Å². The lowest BCUT2D eigenvalue weighted by molar-refractivity contribution is -0.147. The minimum absolute atomic E-state index is 0.226. The molecule has 0 aromatic heterocycles. The van der Waals surface area contributed by atoms with E-state index in [1.54, 1.807) is 18.2 Å². The molecule has 0 fully saturated rings. The molecule has 0 spiro atoms. The molecule has 0 bridgehead atoms. The number of benzene rings is 1. The van der Waals surface area contributed by atoms with Crippen molar-refractivity contribution in [2.45, 2.75) is 30.7 Å². The maximum Gasteiger partial charge on any atom is 0.325 e. The summed E-state index contributed by atoms with van der Waals surface area (Å²) >= 11 is 1.40. The summed E-state index contributed by atoms with van der Waals surface area (Å²) in [5.41, 5.74) is -0.720. The Hall–Kier alpha value is -1.07. The molecule has 0 radical (unpaired) electrons. The van der Waals surface area contributed by atoms with E-state index in [1.807, 2.05) is 13.8 Å². The van der Waals surface area contributed by atoms with E-state index in [9.17, 15) is 9.18 Å². The van der Waals surface area contributed by atoms with Crippen molar-refractivity contribution in [1.29, 1.82) is 0 Å². The fourth-order valence-corrected chi connectivity index (χ4v) is 2.92. The van der Waals surface area contributed by atoms with Crippen LogP contribution in [0, 0.1) is 5.82 Å². The smallest absolute Gasteiger partial charge is 0.325 e. The molecule has 19 heavy (non-hydrogen) atoms. The fourth-order valence-electron chi connectivity index (χ4n) is 1.80. The fraction of sp³-hybridized carbons (Fsp3) is 0.500. The lowest BCUT2D eigenvalue weighted by Gasteiger charge is -2.27. The number of nitrogens with one attached hydrogen (secondary N) is 1. The number of halogens is 1. The third-order valence-corrected chi connectivity index (χ3v) is 3.95. The third-order valence-electron chi connectivity index (χ3n) is 2.90. The number of methoxy groups -OCH3 is 1. The highest BCUT2D eigenvalue weighted by Gasteiger charge is 2.32. The van der Waals surface area contributed by atoms with Crippen LogP contribution in [0.5, 0.6) is 0 Å². The number of carbonyl (C=O) groups excluding carboxylic acids is 1. The highest BCUT2D eigenvalue weighted by atomic mass is 32.2. The van der Waals surface area contributed by atoms with E-state index >= 15 is 0 Å². The van der Waals surface area contributed by atoms with Gasteiger partial charge < -0.3 is 10.1 Å². The van der Waals surface area contributed by atoms with Crippen LogP contribution in [0.25, 0.3) is 0 Å². The van der Waals surface area contributed by atoms with Gasteiger partial charge in [-0.25, -0.2) is 4.39 Å². The summed E-state index contributed by atoms with van der Waals surface area (Å²) in [6, 6.07) is 6.64. The summed E-state index contributed by atoms with van der Waals surface area (Å²) in [7, 11) is 1.38. The molecular formula is C14H20FNO2S. The predicted octanol–water partition coefficient (Wildman–Crippen LogP) is 2.85. The Morgan fingerprint density at radius 1 is 1.47 bits per heavy atom. The molecule has 1 rings (SSSR count). The Morgan fingerprint density at radius 2 is 2.16 bits per heavy atom. The van der Waals surface area contributed by atoms with E-state index in [4.69, 9.17) is 4.74 Å². The topological polar surface area (TPSA) is 38.3 Å². The van der Waals surface area contributed by atoms with Crippen LogP contribution in [0.2, 0.25) is 0 Å². The zero-order valence-corrected chi connectivity index (χ0v) is 12.3. The molecule has 1 N–H and O–H groups in total. The van der Waals surface area contributed by atoms with E-state index in [0.29, 0.717) is 23.6 Å². The predicted molar refractivity (Wildman–Crippen MR) is 75.8 cm³/mol. The van der Waals surface area contributed by atoms with Gasteiger partial charge in [0.15, 0.2) is 0 Å². The molecule has 0 saturated heterocycles. The molecule has 1 atom stereocenters. The minimum atomic E-state index is -0.720. The van der Waals surface area contributed by atoms with Crippen molar-refractivity contribution in [2.24, 2.45) is 0 Å². The van der Waals surface area contributed by atoms with E-state index in [0.717, 1.165) is 0 Å². The first-order valence-corrected chi connectivity index (χ1v) is 7.23. The normalized spacial score (nSPS) is 13.9. The highest BCUT2D eigenvalue weighted by molar-refractivity contribution is 7.99. The van der Waals surface area contributed by atoms with Gasteiger partial charge in [0.1, 0.15) is 11.4 Å². The van der Waals surface area contributed by atoms with Crippen molar-refractivity contribution >= 4 is 17.7 Å². The van der Waals surface area contributed by atoms with Gasteiger partial charge in [0.25, 0.3) is 0 Å². The number of ether oxygens (including phenoxy) is 1. The highest BCUT2D eigenvalue weighted by Crippen LogP contribution is 2.24. The van der Waals surface area contributed by atoms with Gasteiger partial charge in [-0.2, -0.15) is 0 Å². The van der Waals surface area contributed by atoms with Crippen LogP contribution < -0.4 is 5.32 Å². The van der Waals surface area contributed by atoms with E-state index < -0.39 is 5.54 Å². The molecule has 0 amide bonds. The summed E-state index contributed by atoms with van der Waals surface area (Å²) in [5, 5.41) is 3.13. The zero-order valence-electron chi connectivity index (χ0n) is 11.5. The number of hydrogen-bond donors (Lipinski definition) is 1. The number of rotatable bonds is 7. The van der Waals surface area contributed by atoms with Crippen LogP contribution in [0.15, 0.2) is 29.2 Å². The van der Waals surface area contributed by atoms with Gasteiger partial charge in [-0.15, -0.1) is 11.8 Å². The molecule has 1 aromatic carbocycles. The maximum atomic E-state index is 13.5. The Kier molecular flexibility index (Phi) is 6.31. The van der Waals surface area contributed by atoms with Crippen LogP contribution in [0.1, 0.15) is 20.3 Å². The van der Waals surface area contributed by atoms with E-state index in [-0.39, 0.29) is 11.8 Å². The molecule has 0 aliphatic rings. The van der Waals surface area contributed by atoms with Gasteiger partial charge in [0.05, 0.1) is 7.11 Å². The SMILES string of the molecule is CCNC(C)(CCSc1ccccc1F)C(=O)OC. The first-order chi connectivity index (χ1) is 9.03. The van der Waals surface area contributed by atoms with Gasteiger partial charge in [-0.3, -0.25) is 4.79 Å². The molecule has 3 nitrogen and oxygen atoms in total. The average molecular weight is 285 g/mol. The van der Waals surface area contributed by atoms with Crippen molar-refractivity contribution in [3.63, 3.8) is 0 Å². The second kappa shape index (κ2) is 7.50. The number of thioether (sulfide) groups is 1. The molecule has 106 valence electrons. The Balaban J connectivity index is 2.58. The number of esters is 1. The summed E-state index contributed by atoms with van der Waals surface area (Å²) < 4.78 is 18.3. The van der Waals surface area contributed by atoms with Crippen LogP contribution in [0.3, 0.4) is 0 Å². The zero-order chi connectivity index (χ0) is 14.3. The quantitative estimate of drug-likeness (QED) is 0.617. The van der Waals surface area contributed by atoms with Crippen LogP contribution >= 0.6 is 11.8 Å². The largest absolute Gasteiger partial charge is 0.468 e. The van der Waals surface area contributed by atoms with Gasteiger partial charge in [-0.1, -0.05) is 19.1 Å². The second-order valence-electron chi connectivity index (χ2n) is 4.38. The molecule has 0 aliphatic carbocycles. The van der Waals surface area contributed by atoms with Crippen LogP contribution in [0.4, 0.5) is 4.39 Å². The molecule has 0 heterocycles. The average Bonchev–Trinajstić information content (AvgIpc) is 2.40. The van der Waals surface area contributed by atoms with Gasteiger partial charge >= 0.3 is 5.97 Å². The van der Waals surface area contributed by atoms with Gasteiger partial charge in [-0.05, 0) is 32.0 Å². The van der Waals surface area contributed by atoms with Crippen molar-refractivity contribution in [1.82, 2.24) is 5.32 Å². The van der Waals surface area contributed by atoms with Crippen molar-refractivity contribution in [3.05, 3.63) is 30.1 Å². The Bertz CT molecular complexity index is 428. The maximum absolute atomic E-state index is 13.5. The standard InChI is InChI=1S/C14H20FNO2S/c1-4-16-14(2,13(17)18-3)9-10-19-12-8-6-5-7-11(12)15/h5-8,16H,4,9-10H2,1-3H3. The summed E-state index contributed by atoms with van der Waals surface area (Å²) in [6.07, 6.45) is 0.576. The number of hydrogen-bond acceptors (Lipinski definition) is 4. The lowest BCUT2D eigenvalue weighted by Crippen LogP contribution is -2.50.